The molecule has 0 aliphatic rings. The Morgan fingerprint density at radius 2 is 1.81 bits per heavy atom. The fraction of sp³-hybridized carbons (Fsp3) is 0.200. The topological polar surface area (TPSA) is 42.2 Å². The molecule has 0 aliphatic heterocycles. The summed E-state index contributed by atoms with van der Waals surface area (Å²) in [6.07, 6.45) is 1.99. The first-order valence-corrected chi connectivity index (χ1v) is 6.63. The summed E-state index contributed by atoms with van der Waals surface area (Å²) in [6.45, 7) is 1.98. The van der Waals surface area contributed by atoms with Crippen molar-refractivity contribution in [1.29, 1.82) is 0 Å². The van der Waals surface area contributed by atoms with Crippen LogP contribution in [-0.2, 0) is 6.42 Å². The second kappa shape index (κ2) is 5.47. The Bertz CT molecular complexity index is 752. The normalized spacial score (nSPS) is 12.5. The molecular weight excluding hydrogens is 274 g/mol. The molecule has 0 radical (unpaired) electrons. The lowest BCUT2D eigenvalue weighted by atomic mass is 10.1. The van der Waals surface area contributed by atoms with Crippen molar-refractivity contribution in [2.45, 2.75) is 19.4 Å². The third kappa shape index (κ3) is 3.16. The van der Waals surface area contributed by atoms with E-state index >= 15 is 0 Å². The van der Waals surface area contributed by atoms with Crippen molar-refractivity contribution in [1.82, 2.24) is 14.6 Å². The highest BCUT2D eigenvalue weighted by Gasteiger charge is 2.09. The van der Waals surface area contributed by atoms with Gasteiger partial charge in [-0.3, -0.25) is 0 Å². The number of fused-ring (bicyclic) bond motifs is 1. The van der Waals surface area contributed by atoms with Gasteiger partial charge in [0.15, 0.2) is 5.65 Å². The smallest absolute Gasteiger partial charge is 0.243 e. The van der Waals surface area contributed by atoms with Crippen molar-refractivity contribution < 1.29 is 8.78 Å². The van der Waals surface area contributed by atoms with E-state index in [1.807, 2.05) is 6.92 Å². The van der Waals surface area contributed by atoms with Crippen LogP contribution in [0.2, 0.25) is 0 Å². The van der Waals surface area contributed by atoms with Gasteiger partial charge in [-0.25, -0.2) is 13.3 Å². The number of benzene rings is 1. The molecule has 1 atom stereocenters. The minimum Gasteiger partial charge on any atom is -0.350 e. The number of hydrogen-bond donors (Lipinski definition) is 1. The molecule has 0 amide bonds. The van der Waals surface area contributed by atoms with Crippen molar-refractivity contribution in [2.75, 3.05) is 5.32 Å². The van der Waals surface area contributed by atoms with Crippen LogP contribution in [0.15, 0.2) is 42.6 Å². The molecule has 1 aromatic carbocycles. The van der Waals surface area contributed by atoms with Gasteiger partial charge in [0.25, 0.3) is 0 Å². The maximum absolute atomic E-state index is 13.1. The van der Waals surface area contributed by atoms with Crippen LogP contribution in [0, 0.1) is 11.6 Å². The van der Waals surface area contributed by atoms with Gasteiger partial charge in [0.05, 0.1) is 6.20 Å². The molecule has 3 rings (SSSR count). The van der Waals surface area contributed by atoms with E-state index in [1.165, 1.54) is 28.9 Å². The minimum atomic E-state index is -0.363. The highest BCUT2D eigenvalue weighted by atomic mass is 19.1. The molecule has 2 heterocycles. The Balaban J connectivity index is 1.70. The van der Waals surface area contributed by atoms with Crippen LogP contribution < -0.4 is 5.32 Å². The van der Waals surface area contributed by atoms with E-state index in [0.29, 0.717) is 18.0 Å². The second-order valence-corrected chi connectivity index (χ2v) is 4.96. The maximum atomic E-state index is 13.1. The summed E-state index contributed by atoms with van der Waals surface area (Å²) >= 11 is 0. The summed E-state index contributed by atoms with van der Waals surface area (Å²) in [5.74, 6) is -0.170. The number of nitrogens with one attached hydrogen (secondary N) is 1. The quantitative estimate of drug-likeness (QED) is 0.802. The van der Waals surface area contributed by atoms with E-state index in [2.05, 4.69) is 15.4 Å². The van der Waals surface area contributed by atoms with E-state index in [-0.39, 0.29) is 17.7 Å². The standard InChI is InChI=1S/C15H14F2N4/c1-10(8-11-2-4-12(16)5-3-11)18-15-19-14-7-6-13(17)9-21(14)20-15/h2-7,9-10H,8H2,1H3,(H,18,20). The van der Waals surface area contributed by atoms with E-state index < -0.39 is 0 Å². The molecule has 0 spiro atoms. The van der Waals surface area contributed by atoms with Crippen LogP contribution in [0.5, 0.6) is 0 Å². The van der Waals surface area contributed by atoms with Gasteiger partial charge >= 0.3 is 0 Å². The fourth-order valence-corrected chi connectivity index (χ4v) is 2.16. The van der Waals surface area contributed by atoms with Crippen molar-refractivity contribution >= 4 is 11.6 Å². The number of nitrogens with zero attached hydrogens (tertiary/aromatic N) is 3. The molecule has 2 aromatic heterocycles. The van der Waals surface area contributed by atoms with E-state index in [4.69, 9.17) is 0 Å². The molecule has 0 aliphatic carbocycles. The molecule has 1 unspecified atom stereocenters. The zero-order valence-electron chi connectivity index (χ0n) is 11.4. The van der Waals surface area contributed by atoms with Crippen LogP contribution in [0.1, 0.15) is 12.5 Å². The second-order valence-electron chi connectivity index (χ2n) is 4.96. The highest BCUT2D eigenvalue weighted by molar-refractivity contribution is 5.43. The zero-order chi connectivity index (χ0) is 14.8. The van der Waals surface area contributed by atoms with Crippen molar-refractivity contribution in [3.05, 3.63) is 59.8 Å². The number of rotatable bonds is 4. The number of halogens is 2. The molecule has 6 heteroatoms. The van der Waals surface area contributed by atoms with Crippen molar-refractivity contribution in [3.8, 4) is 0 Å². The summed E-state index contributed by atoms with van der Waals surface area (Å²) in [5, 5.41) is 7.32. The van der Waals surface area contributed by atoms with Gasteiger partial charge in [0.1, 0.15) is 11.6 Å². The summed E-state index contributed by atoms with van der Waals surface area (Å²) in [4.78, 5) is 4.26. The molecule has 1 N–H and O–H groups in total. The Kier molecular flexibility index (Phi) is 3.51. The predicted octanol–water partition coefficient (Wildman–Crippen LogP) is 3.05. The monoisotopic (exact) mass is 288 g/mol. The Morgan fingerprint density at radius 1 is 1.10 bits per heavy atom. The van der Waals surface area contributed by atoms with Gasteiger partial charge in [-0.2, -0.15) is 4.98 Å². The molecule has 3 aromatic rings. The Morgan fingerprint density at radius 3 is 2.57 bits per heavy atom. The SMILES string of the molecule is CC(Cc1ccc(F)cc1)Nc1nc2ccc(F)cn2n1. The summed E-state index contributed by atoms with van der Waals surface area (Å²) in [6, 6.07) is 9.35. The average molecular weight is 288 g/mol. The number of hydrogen-bond acceptors (Lipinski definition) is 3. The first-order valence-electron chi connectivity index (χ1n) is 6.63. The molecule has 21 heavy (non-hydrogen) atoms. The first-order chi connectivity index (χ1) is 10.1. The zero-order valence-corrected chi connectivity index (χ0v) is 11.4. The lowest BCUT2D eigenvalue weighted by Crippen LogP contribution is -2.19. The first kappa shape index (κ1) is 13.5. The molecule has 0 saturated heterocycles. The van der Waals surface area contributed by atoms with Gasteiger partial charge < -0.3 is 5.32 Å². The lowest BCUT2D eigenvalue weighted by Gasteiger charge is -2.12. The van der Waals surface area contributed by atoms with Gasteiger partial charge in [-0.05, 0) is 43.2 Å². The third-order valence-corrected chi connectivity index (χ3v) is 3.13. The predicted molar refractivity (Wildman–Crippen MR) is 76.1 cm³/mol. The number of aromatic nitrogens is 3. The van der Waals surface area contributed by atoms with E-state index in [0.717, 1.165) is 5.56 Å². The highest BCUT2D eigenvalue weighted by Crippen LogP contribution is 2.11. The number of anilines is 1. The molecular formula is C15H14F2N4. The average Bonchev–Trinajstić information content (AvgIpc) is 2.82. The number of pyridine rings is 1. The molecule has 0 saturated carbocycles. The molecule has 0 fully saturated rings. The maximum Gasteiger partial charge on any atom is 0.243 e. The summed E-state index contributed by atoms with van der Waals surface area (Å²) in [5.41, 5.74) is 1.60. The van der Waals surface area contributed by atoms with Crippen LogP contribution in [0.25, 0.3) is 5.65 Å². The molecule has 0 bridgehead atoms. The largest absolute Gasteiger partial charge is 0.350 e. The van der Waals surface area contributed by atoms with Gasteiger partial charge in [-0.1, -0.05) is 12.1 Å². The van der Waals surface area contributed by atoms with Gasteiger partial charge in [0.2, 0.25) is 5.95 Å². The lowest BCUT2D eigenvalue weighted by molar-refractivity contribution is 0.614. The summed E-state index contributed by atoms with van der Waals surface area (Å²) in [7, 11) is 0. The molecule has 108 valence electrons. The van der Waals surface area contributed by atoms with Crippen LogP contribution >= 0.6 is 0 Å². The summed E-state index contributed by atoms with van der Waals surface area (Å²) < 4.78 is 27.3. The van der Waals surface area contributed by atoms with E-state index in [9.17, 15) is 8.78 Å². The fourth-order valence-electron chi connectivity index (χ4n) is 2.16. The van der Waals surface area contributed by atoms with Crippen LogP contribution in [0.4, 0.5) is 14.7 Å². The van der Waals surface area contributed by atoms with Crippen LogP contribution in [-0.4, -0.2) is 20.6 Å². The Hall–Kier alpha value is -2.50. The van der Waals surface area contributed by atoms with Crippen molar-refractivity contribution in [3.63, 3.8) is 0 Å². The van der Waals surface area contributed by atoms with Crippen LogP contribution in [0.3, 0.4) is 0 Å². The van der Waals surface area contributed by atoms with Crippen molar-refractivity contribution in [2.24, 2.45) is 0 Å². The Labute approximate surface area is 120 Å². The third-order valence-electron chi connectivity index (χ3n) is 3.13. The molecule has 4 nitrogen and oxygen atoms in total. The van der Waals surface area contributed by atoms with E-state index in [1.54, 1.807) is 18.2 Å². The van der Waals surface area contributed by atoms with Gasteiger partial charge in [0, 0.05) is 6.04 Å². The van der Waals surface area contributed by atoms with Gasteiger partial charge in [-0.15, -0.1) is 5.10 Å². The minimum absolute atomic E-state index is 0.0673.